The van der Waals surface area contributed by atoms with Gasteiger partial charge in [-0.15, -0.1) is 0 Å². The van der Waals surface area contributed by atoms with Crippen molar-refractivity contribution in [3.05, 3.63) is 29.8 Å². The molecule has 1 aromatic carbocycles. The van der Waals surface area contributed by atoms with E-state index in [0.717, 1.165) is 6.42 Å². The molecule has 1 aliphatic heterocycles. The number of guanidine groups is 1. The number of carbonyl (C=O) groups excluding carboxylic acids is 8. The molecule has 2 rings (SSSR count). The van der Waals surface area contributed by atoms with Gasteiger partial charge in [-0.2, -0.15) is 0 Å². The molecule has 328 valence electrons. The zero-order valence-corrected chi connectivity index (χ0v) is 34.1. The van der Waals surface area contributed by atoms with Crippen LogP contribution in [0, 0.1) is 0 Å². The molecule has 1 fully saturated rings. The topological polar surface area (TPSA) is 346 Å². The largest absolute Gasteiger partial charge is 0.497 e. The molecule has 6 unspecified atom stereocenters. The number of unbranched alkanes of at least 4 members (excludes halogenated alkanes) is 1. The summed E-state index contributed by atoms with van der Waals surface area (Å²) in [5, 5.41) is 18.4. The van der Waals surface area contributed by atoms with Crippen molar-refractivity contribution in [2.75, 3.05) is 26.7 Å². The van der Waals surface area contributed by atoms with Gasteiger partial charge in [-0.25, -0.2) is 0 Å². The highest BCUT2D eigenvalue weighted by atomic mass is 16.5. The van der Waals surface area contributed by atoms with E-state index in [1.165, 1.54) is 14.0 Å². The molecule has 21 nitrogen and oxygen atoms in total. The van der Waals surface area contributed by atoms with Crippen molar-refractivity contribution in [2.24, 2.45) is 27.9 Å². The van der Waals surface area contributed by atoms with Crippen LogP contribution in [0.1, 0.15) is 83.6 Å². The maximum Gasteiger partial charge on any atom is 0.243 e. The first-order valence-electron chi connectivity index (χ1n) is 19.8. The molecule has 8 amide bonds. The Hall–Kier alpha value is -5.99. The van der Waals surface area contributed by atoms with E-state index in [1.807, 2.05) is 6.92 Å². The van der Waals surface area contributed by atoms with E-state index in [1.54, 1.807) is 24.3 Å². The van der Waals surface area contributed by atoms with Crippen LogP contribution in [0.3, 0.4) is 0 Å². The van der Waals surface area contributed by atoms with E-state index < -0.39 is 83.5 Å². The number of nitrogens with two attached hydrogens (primary N) is 4. The van der Waals surface area contributed by atoms with Crippen LogP contribution in [-0.4, -0.2) is 116 Å². The van der Waals surface area contributed by atoms with Crippen molar-refractivity contribution in [1.29, 1.82) is 0 Å². The number of amides is 8. The molecule has 1 aromatic rings. The van der Waals surface area contributed by atoms with Crippen LogP contribution in [0.4, 0.5) is 0 Å². The molecule has 0 aliphatic carbocycles. The highest BCUT2D eigenvalue weighted by Crippen LogP contribution is 2.14. The SMILES string of the molecule is CCCCC(NC(C)=O)C(=O)NC1CCC(=O)NCCC(C(N)=O)NC(=O)C(CCCN=C(N)N)NC(=O)C(Cc2ccc(OC)cc2)NC(=O)C(CCCN)NC1=O. The molecule has 59 heavy (non-hydrogen) atoms. The number of benzene rings is 1. The quantitative estimate of drug-likeness (QED) is 0.0424. The number of hydrogen-bond donors (Lipinski definition) is 11. The number of primary amides is 1. The van der Waals surface area contributed by atoms with E-state index in [4.69, 9.17) is 27.7 Å². The molecule has 1 saturated heterocycles. The molecule has 1 heterocycles. The molecular weight excluding hydrogens is 768 g/mol. The van der Waals surface area contributed by atoms with Gasteiger partial charge in [0.25, 0.3) is 0 Å². The number of nitrogens with zero attached hydrogens (tertiary/aromatic N) is 1. The second kappa shape index (κ2) is 26.1. The standard InChI is InChI=1S/C38H62N12O9/c1-4-5-8-26(45-22(2)51)33(54)49-29-15-16-31(52)43-20-17-25(32(40)53)46-34(55)28(10-7-19-44-38(41)42)48-37(58)30(21-23-11-13-24(59-3)14-12-23)50-35(56)27(9-6-18-39)47-36(29)57/h11-14,25-30H,4-10,15-21,39H2,1-3H3,(H2,40,53)(H,43,52)(H,45,51)(H,46,55)(H,47,57)(H,48,58)(H,49,54)(H,50,56)(H4,41,42,44). The van der Waals surface area contributed by atoms with Crippen molar-refractivity contribution in [1.82, 2.24) is 37.2 Å². The highest BCUT2D eigenvalue weighted by molar-refractivity contribution is 5.97. The average molecular weight is 831 g/mol. The fraction of sp³-hybridized carbons (Fsp3) is 0.605. The van der Waals surface area contributed by atoms with Crippen LogP contribution in [0.2, 0.25) is 0 Å². The molecular formula is C38H62N12O9. The second-order valence-electron chi connectivity index (χ2n) is 14.2. The summed E-state index contributed by atoms with van der Waals surface area (Å²) in [4.78, 5) is 111. The van der Waals surface area contributed by atoms with E-state index in [9.17, 15) is 38.4 Å². The van der Waals surface area contributed by atoms with Gasteiger partial charge in [0, 0.05) is 32.9 Å². The third-order valence-electron chi connectivity index (χ3n) is 9.39. The Balaban J connectivity index is 2.61. The monoisotopic (exact) mass is 830 g/mol. The number of nitrogens with one attached hydrogen (secondary N) is 7. The maximum atomic E-state index is 14.1. The van der Waals surface area contributed by atoms with Crippen molar-refractivity contribution in [2.45, 2.75) is 121 Å². The Morgan fingerprint density at radius 3 is 2.05 bits per heavy atom. The average Bonchev–Trinajstić information content (AvgIpc) is 3.19. The molecule has 0 aromatic heterocycles. The first kappa shape index (κ1) is 49.2. The Labute approximate surface area is 344 Å². The van der Waals surface area contributed by atoms with E-state index in [2.05, 4.69) is 42.2 Å². The fourth-order valence-electron chi connectivity index (χ4n) is 6.13. The van der Waals surface area contributed by atoms with Gasteiger partial charge in [-0.05, 0) is 69.2 Å². The van der Waals surface area contributed by atoms with Gasteiger partial charge < -0.3 is 64.9 Å². The summed E-state index contributed by atoms with van der Waals surface area (Å²) >= 11 is 0. The third kappa shape index (κ3) is 18.4. The summed E-state index contributed by atoms with van der Waals surface area (Å²) in [6.45, 7) is 3.30. The Morgan fingerprint density at radius 1 is 0.847 bits per heavy atom. The molecule has 1 aliphatic rings. The number of carbonyl (C=O) groups is 8. The minimum absolute atomic E-state index is 0.00328. The van der Waals surface area contributed by atoms with E-state index in [-0.39, 0.29) is 83.4 Å². The first-order chi connectivity index (χ1) is 28.1. The minimum atomic E-state index is -1.35. The molecule has 6 atom stereocenters. The molecule has 15 N–H and O–H groups in total. The lowest BCUT2D eigenvalue weighted by Crippen LogP contribution is -2.60. The summed E-state index contributed by atoms with van der Waals surface area (Å²) in [7, 11) is 1.49. The van der Waals surface area contributed by atoms with Crippen molar-refractivity contribution in [3.63, 3.8) is 0 Å². The predicted molar refractivity (Wildman–Crippen MR) is 218 cm³/mol. The number of ether oxygens (including phenoxy) is 1. The zero-order chi connectivity index (χ0) is 43.9. The number of aliphatic imine (C=N–C) groups is 1. The lowest BCUT2D eigenvalue weighted by molar-refractivity contribution is -0.135. The van der Waals surface area contributed by atoms with E-state index in [0.29, 0.717) is 17.7 Å². The van der Waals surface area contributed by atoms with Crippen LogP contribution in [-0.2, 0) is 44.8 Å². The van der Waals surface area contributed by atoms with Gasteiger partial charge in [0.2, 0.25) is 47.3 Å². The number of methoxy groups -OCH3 is 1. The minimum Gasteiger partial charge on any atom is -0.497 e. The number of rotatable bonds is 17. The first-order valence-corrected chi connectivity index (χ1v) is 19.8. The third-order valence-corrected chi connectivity index (χ3v) is 9.39. The highest BCUT2D eigenvalue weighted by Gasteiger charge is 2.33. The van der Waals surface area contributed by atoms with Crippen molar-refractivity contribution in [3.8, 4) is 5.75 Å². The smallest absolute Gasteiger partial charge is 0.243 e. The van der Waals surface area contributed by atoms with Crippen LogP contribution >= 0.6 is 0 Å². The maximum absolute atomic E-state index is 14.1. The summed E-state index contributed by atoms with van der Waals surface area (Å²) in [6, 6.07) is -0.734. The van der Waals surface area contributed by atoms with Crippen LogP contribution in [0.5, 0.6) is 5.75 Å². The van der Waals surface area contributed by atoms with Gasteiger partial charge in [-0.1, -0.05) is 31.9 Å². The summed E-state index contributed by atoms with van der Waals surface area (Å²) in [5.74, 6) is -5.35. The van der Waals surface area contributed by atoms with Crippen LogP contribution in [0.15, 0.2) is 29.3 Å². The van der Waals surface area contributed by atoms with Crippen molar-refractivity contribution < 1.29 is 43.1 Å². The lowest BCUT2D eigenvalue weighted by atomic mass is 10.0. The second-order valence-corrected chi connectivity index (χ2v) is 14.2. The van der Waals surface area contributed by atoms with Crippen LogP contribution < -0.4 is 64.9 Å². The predicted octanol–water partition coefficient (Wildman–Crippen LogP) is -3.07. The van der Waals surface area contributed by atoms with Crippen molar-refractivity contribution >= 4 is 53.2 Å². The van der Waals surface area contributed by atoms with Gasteiger partial charge in [0.1, 0.15) is 42.0 Å². The fourth-order valence-corrected chi connectivity index (χ4v) is 6.13. The Kier molecular flexibility index (Phi) is 21.7. The van der Waals surface area contributed by atoms with Gasteiger partial charge in [0.05, 0.1) is 7.11 Å². The summed E-state index contributed by atoms with van der Waals surface area (Å²) in [5.41, 5.74) is 22.9. The van der Waals surface area contributed by atoms with Gasteiger partial charge >= 0.3 is 0 Å². The molecule has 21 heteroatoms. The zero-order valence-electron chi connectivity index (χ0n) is 34.1. The normalized spacial score (nSPS) is 21.6. The molecule has 0 radical (unpaired) electrons. The molecule has 0 saturated carbocycles. The summed E-state index contributed by atoms with van der Waals surface area (Å²) < 4.78 is 5.25. The van der Waals surface area contributed by atoms with Crippen LogP contribution in [0.25, 0.3) is 0 Å². The molecule has 0 spiro atoms. The Morgan fingerprint density at radius 2 is 1.46 bits per heavy atom. The lowest BCUT2D eigenvalue weighted by Gasteiger charge is -2.27. The number of hydrogen-bond acceptors (Lipinski definition) is 11. The van der Waals surface area contributed by atoms with Gasteiger partial charge in [-0.3, -0.25) is 43.3 Å². The van der Waals surface area contributed by atoms with E-state index >= 15 is 0 Å². The molecule has 0 bridgehead atoms. The Bertz CT molecular complexity index is 1620. The summed E-state index contributed by atoms with van der Waals surface area (Å²) in [6.07, 6.45) is 1.41. The van der Waals surface area contributed by atoms with Gasteiger partial charge in [0.15, 0.2) is 5.96 Å².